The largest absolute Gasteiger partial charge is 0.333 e. The van der Waals surface area contributed by atoms with E-state index < -0.39 is 32.9 Å². The predicted octanol–water partition coefficient (Wildman–Crippen LogP) is 3.26. The molecule has 4 aromatic rings. The van der Waals surface area contributed by atoms with E-state index in [1.54, 1.807) is 30.8 Å². The van der Waals surface area contributed by atoms with Gasteiger partial charge in [0, 0.05) is 18.0 Å². The topological polar surface area (TPSA) is 116 Å². The molecule has 0 aliphatic carbocycles. The molecule has 12 heteroatoms. The second kappa shape index (κ2) is 8.54. The zero-order valence-corrected chi connectivity index (χ0v) is 18.1. The summed E-state index contributed by atoms with van der Waals surface area (Å²) >= 11 is 0. The van der Waals surface area contributed by atoms with Gasteiger partial charge in [-0.25, -0.2) is 42.1 Å². The summed E-state index contributed by atoms with van der Waals surface area (Å²) in [6.45, 7) is 3.49. The third kappa shape index (κ3) is 4.26. The third-order valence-corrected chi connectivity index (χ3v) is 6.49. The summed E-state index contributed by atoms with van der Waals surface area (Å²) in [7, 11) is -3.52. The van der Waals surface area contributed by atoms with Crippen molar-refractivity contribution >= 4 is 32.4 Å². The van der Waals surface area contributed by atoms with E-state index in [4.69, 9.17) is 0 Å². The van der Waals surface area contributed by atoms with Gasteiger partial charge in [0.1, 0.15) is 34.7 Å². The molecule has 0 saturated carbocycles. The molecule has 0 amide bonds. The van der Waals surface area contributed by atoms with Crippen molar-refractivity contribution in [1.29, 1.82) is 0 Å². The van der Waals surface area contributed by atoms with Crippen LogP contribution in [-0.4, -0.2) is 43.7 Å². The van der Waals surface area contributed by atoms with Crippen molar-refractivity contribution in [2.45, 2.75) is 26.0 Å². The number of anilines is 2. The fraction of sp³-hybridized carbons (Fsp3) is 0.250. The number of sulfone groups is 1. The summed E-state index contributed by atoms with van der Waals surface area (Å²) in [6, 6.07) is 2.14. The highest BCUT2D eigenvalue weighted by Gasteiger charge is 2.20. The first kappa shape index (κ1) is 21.7. The van der Waals surface area contributed by atoms with E-state index in [0.29, 0.717) is 17.8 Å². The molecule has 3 aromatic heterocycles. The highest BCUT2D eigenvalue weighted by Crippen LogP contribution is 2.29. The number of rotatable bonds is 7. The number of nitrogens with one attached hydrogen (secondary N) is 1. The van der Waals surface area contributed by atoms with Gasteiger partial charge in [-0.05, 0) is 19.4 Å². The number of aryl methyl sites for hydroxylation is 1. The summed E-state index contributed by atoms with van der Waals surface area (Å²) < 4.78 is 55.5. The molecule has 0 atom stereocenters. The van der Waals surface area contributed by atoms with Crippen LogP contribution in [0.25, 0.3) is 17.0 Å². The van der Waals surface area contributed by atoms with E-state index in [1.807, 2.05) is 0 Å². The van der Waals surface area contributed by atoms with Crippen molar-refractivity contribution in [2.24, 2.45) is 0 Å². The van der Waals surface area contributed by atoms with Gasteiger partial charge in [0.2, 0.25) is 5.95 Å². The maximum Gasteiger partial charge on any atom is 0.235 e. The van der Waals surface area contributed by atoms with Gasteiger partial charge in [0.25, 0.3) is 0 Å². The quantitative estimate of drug-likeness (QED) is 0.448. The minimum absolute atomic E-state index is 0.0442. The summed E-state index contributed by atoms with van der Waals surface area (Å²) in [5.41, 5.74) is -0.0711. The fourth-order valence-electron chi connectivity index (χ4n) is 3.20. The standard InChI is InChI=1S/C20H19F2N7O2S/c1-3-8-32(30,31)10-13-4-5-14(21)17(16(13)22)27-19-18-15(25-11-26-19)9-24-20(28-18)29-7-6-23-12(29)2/h4-7,9,11H,3,8,10H2,1-2H3,(H,25,26,27). The molecule has 3 heterocycles. The van der Waals surface area contributed by atoms with E-state index in [-0.39, 0.29) is 28.6 Å². The van der Waals surface area contributed by atoms with Gasteiger partial charge in [0.05, 0.1) is 17.7 Å². The minimum atomic E-state index is -3.52. The van der Waals surface area contributed by atoms with Crippen LogP contribution in [0, 0.1) is 18.6 Å². The Morgan fingerprint density at radius 3 is 2.66 bits per heavy atom. The SMILES string of the molecule is CCCS(=O)(=O)Cc1ccc(F)c(Nc2ncnc3cnc(-n4ccnc4C)nc23)c1F. The van der Waals surface area contributed by atoms with Crippen LogP contribution in [0.15, 0.2) is 37.1 Å². The Morgan fingerprint density at radius 2 is 1.94 bits per heavy atom. The van der Waals surface area contributed by atoms with Crippen LogP contribution in [0.5, 0.6) is 0 Å². The molecule has 0 aliphatic heterocycles. The van der Waals surface area contributed by atoms with Gasteiger partial charge in [-0.2, -0.15) is 0 Å². The minimum Gasteiger partial charge on any atom is -0.333 e. The molecule has 166 valence electrons. The molecule has 0 radical (unpaired) electrons. The van der Waals surface area contributed by atoms with E-state index in [2.05, 4.69) is 30.2 Å². The van der Waals surface area contributed by atoms with Crippen LogP contribution in [0.4, 0.5) is 20.3 Å². The average Bonchev–Trinajstić information content (AvgIpc) is 3.18. The lowest BCUT2D eigenvalue weighted by molar-refractivity contribution is 0.574. The second-order valence-corrected chi connectivity index (χ2v) is 9.27. The van der Waals surface area contributed by atoms with Crippen molar-refractivity contribution in [3.8, 4) is 5.95 Å². The van der Waals surface area contributed by atoms with E-state index in [1.165, 1.54) is 12.5 Å². The number of nitrogens with zero attached hydrogens (tertiary/aromatic N) is 6. The summed E-state index contributed by atoms with van der Waals surface area (Å²) in [4.78, 5) is 21.0. The number of imidazole rings is 1. The molecule has 0 unspecified atom stereocenters. The number of fused-ring (bicyclic) bond motifs is 1. The Balaban J connectivity index is 1.76. The normalized spacial score (nSPS) is 11.8. The van der Waals surface area contributed by atoms with Crippen LogP contribution in [0.3, 0.4) is 0 Å². The molecule has 0 saturated heterocycles. The van der Waals surface area contributed by atoms with Gasteiger partial charge >= 0.3 is 0 Å². The van der Waals surface area contributed by atoms with Crippen molar-refractivity contribution in [3.05, 3.63) is 60.1 Å². The average molecular weight is 459 g/mol. The molecule has 9 nitrogen and oxygen atoms in total. The summed E-state index contributed by atoms with van der Waals surface area (Å²) in [5, 5.41) is 2.62. The zero-order chi connectivity index (χ0) is 22.9. The first-order valence-electron chi connectivity index (χ1n) is 9.71. The lowest BCUT2D eigenvalue weighted by Crippen LogP contribution is -2.11. The second-order valence-electron chi connectivity index (χ2n) is 7.08. The molecule has 1 N–H and O–H groups in total. The van der Waals surface area contributed by atoms with Gasteiger partial charge in [-0.3, -0.25) is 4.57 Å². The van der Waals surface area contributed by atoms with Gasteiger partial charge in [-0.1, -0.05) is 13.0 Å². The number of benzene rings is 1. The van der Waals surface area contributed by atoms with Gasteiger partial charge in [0.15, 0.2) is 21.5 Å². The first-order valence-corrected chi connectivity index (χ1v) is 11.5. The molecular weight excluding hydrogens is 440 g/mol. The molecule has 4 rings (SSSR count). The first-order chi connectivity index (χ1) is 15.3. The van der Waals surface area contributed by atoms with Crippen LogP contribution >= 0.6 is 0 Å². The molecule has 32 heavy (non-hydrogen) atoms. The van der Waals surface area contributed by atoms with Gasteiger partial charge < -0.3 is 5.32 Å². The van der Waals surface area contributed by atoms with Crippen LogP contribution in [0.2, 0.25) is 0 Å². The van der Waals surface area contributed by atoms with Crippen molar-refractivity contribution in [2.75, 3.05) is 11.1 Å². The van der Waals surface area contributed by atoms with Crippen molar-refractivity contribution in [3.63, 3.8) is 0 Å². The Kier molecular flexibility index (Phi) is 5.78. The zero-order valence-electron chi connectivity index (χ0n) is 17.2. The molecule has 0 spiro atoms. The number of hydrogen-bond acceptors (Lipinski definition) is 8. The molecule has 0 bridgehead atoms. The Hall–Kier alpha value is -3.54. The Morgan fingerprint density at radius 1 is 1.12 bits per heavy atom. The monoisotopic (exact) mass is 459 g/mol. The van der Waals surface area contributed by atoms with Crippen molar-refractivity contribution in [1.82, 2.24) is 29.5 Å². The smallest absolute Gasteiger partial charge is 0.235 e. The van der Waals surface area contributed by atoms with Gasteiger partial charge in [-0.15, -0.1) is 0 Å². The maximum absolute atomic E-state index is 15.1. The van der Waals surface area contributed by atoms with Crippen LogP contribution in [0.1, 0.15) is 24.7 Å². The molecular formula is C20H19F2N7O2S. The third-order valence-electron chi connectivity index (χ3n) is 4.71. The van der Waals surface area contributed by atoms with Crippen LogP contribution in [-0.2, 0) is 15.6 Å². The number of hydrogen-bond donors (Lipinski definition) is 1. The molecule has 1 aromatic carbocycles. The highest BCUT2D eigenvalue weighted by molar-refractivity contribution is 7.90. The molecule has 0 fully saturated rings. The van der Waals surface area contributed by atoms with Crippen LogP contribution < -0.4 is 5.32 Å². The molecule has 0 aliphatic rings. The van der Waals surface area contributed by atoms with E-state index >= 15 is 4.39 Å². The lowest BCUT2D eigenvalue weighted by Gasteiger charge is -2.13. The number of halogens is 2. The Labute approximate surface area is 182 Å². The number of aromatic nitrogens is 6. The van der Waals surface area contributed by atoms with E-state index in [0.717, 1.165) is 12.1 Å². The highest BCUT2D eigenvalue weighted by atomic mass is 32.2. The lowest BCUT2D eigenvalue weighted by atomic mass is 10.2. The van der Waals surface area contributed by atoms with E-state index in [9.17, 15) is 12.8 Å². The van der Waals surface area contributed by atoms with Crippen molar-refractivity contribution < 1.29 is 17.2 Å². The fourth-order valence-corrected chi connectivity index (χ4v) is 4.67. The summed E-state index contributed by atoms with van der Waals surface area (Å²) in [6.07, 6.45) is 6.34. The predicted molar refractivity (Wildman–Crippen MR) is 114 cm³/mol. The Bertz CT molecular complexity index is 1410. The maximum atomic E-state index is 15.1. The summed E-state index contributed by atoms with van der Waals surface area (Å²) in [5.74, 6) is -1.54.